The van der Waals surface area contributed by atoms with E-state index in [0.29, 0.717) is 6.04 Å². The lowest BCUT2D eigenvalue weighted by molar-refractivity contribution is 0.130. The maximum Gasteiger partial charge on any atom is 0.0791 e. The van der Waals surface area contributed by atoms with Gasteiger partial charge in [-0.25, -0.2) is 0 Å². The van der Waals surface area contributed by atoms with Gasteiger partial charge in [0.2, 0.25) is 0 Å². The largest absolute Gasteiger partial charge is 0.390 e. The summed E-state index contributed by atoms with van der Waals surface area (Å²) in [5.41, 5.74) is 0. The molecule has 3 heteroatoms. The van der Waals surface area contributed by atoms with E-state index in [1.54, 1.807) is 0 Å². The molecule has 0 aliphatic heterocycles. The molecule has 3 nitrogen and oxygen atoms in total. The average Bonchev–Trinajstić information content (AvgIpc) is 2.39. The van der Waals surface area contributed by atoms with Crippen LogP contribution in [0.25, 0.3) is 0 Å². The molecule has 96 valence electrons. The van der Waals surface area contributed by atoms with Gasteiger partial charge in [-0.2, -0.15) is 0 Å². The van der Waals surface area contributed by atoms with E-state index in [1.165, 1.54) is 32.1 Å². The quantitative estimate of drug-likeness (QED) is 0.700. The van der Waals surface area contributed by atoms with Gasteiger partial charge in [-0.3, -0.25) is 0 Å². The minimum absolute atomic E-state index is 0.240. The molecule has 0 aromatic rings. The van der Waals surface area contributed by atoms with Crippen molar-refractivity contribution in [3.05, 3.63) is 0 Å². The fourth-order valence-corrected chi connectivity index (χ4v) is 2.48. The van der Waals surface area contributed by atoms with Crippen LogP contribution in [0, 0.1) is 5.92 Å². The molecule has 1 rings (SSSR count). The lowest BCUT2D eigenvalue weighted by Crippen LogP contribution is -2.39. The van der Waals surface area contributed by atoms with Crippen LogP contribution in [0.3, 0.4) is 0 Å². The summed E-state index contributed by atoms with van der Waals surface area (Å²) in [6.45, 7) is 3.83. The molecule has 2 N–H and O–H groups in total. The van der Waals surface area contributed by atoms with Crippen LogP contribution in [-0.4, -0.2) is 49.3 Å². The third-order valence-corrected chi connectivity index (χ3v) is 3.48. The van der Waals surface area contributed by atoms with Crippen LogP contribution in [0.5, 0.6) is 0 Å². The summed E-state index contributed by atoms with van der Waals surface area (Å²) in [4.78, 5) is 2.03. The first kappa shape index (κ1) is 13.9. The van der Waals surface area contributed by atoms with Crippen LogP contribution in [0.4, 0.5) is 0 Å². The minimum atomic E-state index is -0.240. The molecule has 0 spiro atoms. The SMILES string of the molecule is CC1CCCC(NCC(O)CN(C)C)CC1. The van der Waals surface area contributed by atoms with Crippen LogP contribution in [-0.2, 0) is 0 Å². The van der Waals surface area contributed by atoms with Crippen molar-refractivity contribution in [1.29, 1.82) is 0 Å². The Hall–Kier alpha value is -0.120. The van der Waals surface area contributed by atoms with Crippen LogP contribution < -0.4 is 5.32 Å². The monoisotopic (exact) mass is 228 g/mol. The molecule has 1 aliphatic rings. The summed E-state index contributed by atoms with van der Waals surface area (Å²) in [6.07, 6.45) is 6.35. The Balaban J connectivity index is 2.16. The van der Waals surface area contributed by atoms with Crippen LogP contribution in [0.1, 0.15) is 39.0 Å². The summed E-state index contributed by atoms with van der Waals surface area (Å²) in [6, 6.07) is 0.627. The number of nitrogens with zero attached hydrogens (tertiary/aromatic N) is 1. The maximum atomic E-state index is 9.77. The molecule has 0 heterocycles. The Bertz CT molecular complexity index is 185. The van der Waals surface area contributed by atoms with Crippen molar-refractivity contribution in [2.75, 3.05) is 27.2 Å². The molecular formula is C13H28N2O. The van der Waals surface area contributed by atoms with E-state index >= 15 is 0 Å². The maximum absolute atomic E-state index is 9.77. The highest BCUT2D eigenvalue weighted by molar-refractivity contribution is 4.75. The molecule has 16 heavy (non-hydrogen) atoms. The third kappa shape index (κ3) is 5.83. The van der Waals surface area contributed by atoms with Crippen molar-refractivity contribution < 1.29 is 5.11 Å². The van der Waals surface area contributed by atoms with Crippen molar-refractivity contribution in [3.63, 3.8) is 0 Å². The standard InChI is InChI=1S/C13H28N2O/c1-11-5-4-6-12(8-7-11)14-9-13(16)10-15(2)3/h11-14,16H,4-10H2,1-3H3. The molecule has 0 saturated heterocycles. The number of hydrogen-bond acceptors (Lipinski definition) is 3. The predicted octanol–water partition coefficient (Wildman–Crippen LogP) is 1.47. The van der Waals surface area contributed by atoms with E-state index in [2.05, 4.69) is 12.2 Å². The van der Waals surface area contributed by atoms with Gasteiger partial charge in [-0.05, 0) is 39.3 Å². The molecule has 0 radical (unpaired) electrons. The Kier molecular flexibility index (Phi) is 6.32. The van der Waals surface area contributed by atoms with Gasteiger partial charge in [0.25, 0.3) is 0 Å². The topological polar surface area (TPSA) is 35.5 Å². The smallest absolute Gasteiger partial charge is 0.0791 e. The summed E-state index contributed by atoms with van der Waals surface area (Å²) in [5, 5.41) is 13.3. The van der Waals surface area contributed by atoms with E-state index in [0.717, 1.165) is 19.0 Å². The number of aliphatic hydroxyl groups excluding tert-OH is 1. The lowest BCUT2D eigenvalue weighted by Gasteiger charge is -2.21. The van der Waals surface area contributed by atoms with Gasteiger partial charge >= 0.3 is 0 Å². The number of likely N-dealkylation sites (N-methyl/N-ethyl adjacent to an activating group) is 1. The minimum Gasteiger partial charge on any atom is -0.390 e. The van der Waals surface area contributed by atoms with Gasteiger partial charge in [0, 0.05) is 19.1 Å². The first-order valence-electron chi connectivity index (χ1n) is 6.64. The first-order chi connectivity index (χ1) is 7.58. The van der Waals surface area contributed by atoms with E-state index in [9.17, 15) is 5.11 Å². The highest BCUT2D eigenvalue weighted by atomic mass is 16.3. The number of aliphatic hydroxyl groups is 1. The normalized spacial score (nSPS) is 29.1. The van der Waals surface area contributed by atoms with Gasteiger partial charge in [0.1, 0.15) is 0 Å². The third-order valence-electron chi connectivity index (χ3n) is 3.48. The van der Waals surface area contributed by atoms with Gasteiger partial charge in [0.05, 0.1) is 6.10 Å². The van der Waals surface area contributed by atoms with Crippen molar-refractivity contribution in [2.24, 2.45) is 5.92 Å². The van der Waals surface area contributed by atoms with Crippen LogP contribution >= 0.6 is 0 Å². The van der Waals surface area contributed by atoms with Gasteiger partial charge in [0.15, 0.2) is 0 Å². The zero-order chi connectivity index (χ0) is 12.0. The zero-order valence-corrected chi connectivity index (χ0v) is 11.1. The fourth-order valence-electron chi connectivity index (χ4n) is 2.48. The molecule has 3 unspecified atom stereocenters. The summed E-state index contributed by atoms with van der Waals surface area (Å²) >= 11 is 0. The molecule has 0 aromatic heterocycles. The second-order valence-electron chi connectivity index (χ2n) is 5.63. The highest BCUT2D eigenvalue weighted by Gasteiger charge is 2.16. The van der Waals surface area contributed by atoms with E-state index in [1.807, 2.05) is 19.0 Å². The lowest BCUT2D eigenvalue weighted by atomic mass is 10.0. The van der Waals surface area contributed by atoms with Crippen molar-refractivity contribution in [2.45, 2.75) is 51.2 Å². The van der Waals surface area contributed by atoms with Crippen molar-refractivity contribution >= 4 is 0 Å². The number of nitrogens with one attached hydrogen (secondary N) is 1. The van der Waals surface area contributed by atoms with E-state index in [4.69, 9.17) is 0 Å². The van der Waals surface area contributed by atoms with Crippen molar-refractivity contribution in [3.8, 4) is 0 Å². The molecule has 1 fully saturated rings. The Morgan fingerprint density at radius 2 is 2.00 bits per heavy atom. The second-order valence-corrected chi connectivity index (χ2v) is 5.63. The van der Waals surface area contributed by atoms with Gasteiger partial charge in [-0.15, -0.1) is 0 Å². The molecule has 0 aromatic carbocycles. The van der Waals surface area contributed by atoms with Crippen LogP contribution in [0.2, 0.25) is 0 Å². The molecule has 1 saturated carbocycles. The summed E-state index contributed by atoms with van der Waals surface area (Å²) < 4.78 is 0. The number of rotatable bonds is 5. The zero-order valence-electron chi connectivity index (χ0n) is 11.1. The van der Waals surface area contributed by atoms with Crippen LogP contribution in [0.15, 0.2) is 0 Å². The van der Waals surface area contributed by atoms with Gasteiger partial charge < -0.3 is 15.3 Å². The molecular weight excluding hydrogens is 200 g/mol. The van der Waals surface area contributed by atoms with E-state index < -0.39 is 0 Å². The first-order valence-corrected chi connectivity index (χ1v) is 6.64. The number of hydrogen-bond donors (Lipinski definition) is 2. The molecule has 1 aliphatic carbocycles. The average molecular weight is 228 g/mol. The second kappa shape index (κ2) is 7.25. The fraction of sp³-hybridized carbons (Fsp3) is 1.00. The predicted molar refractivity (Wildman–Crippen MR) is 68.6 cm³/mol. The Morgan fingerprint density at radius 1 is 1.25 bits per heavy atom. The highest BCUT2D eigenvalue weighted by Crippen LogP contribution is 2.22. The Labute approximate surface area is 100 Å². The molecule has 0 amide bonds. The van der Waals surface area contributed by atoms with E-state index in [-0.39, 0.29) is 6.10 Å². The Morgan fingerprint density at radius 3 is 2.69 bits per heavy atom. The summed E-state index contributed by atoms with van der Waals surface area (Å²) in [5.74, 6) is 0.887. The molecule has 3 atom stereocenters. The molecule has 0 bridgehead atoms. The van der Waals surface area contributed by atoms with Crippen molar-refractivity contribution in [1.82, 2.24) is 10.2 Å². The van der Waals surface area contributed by atoms with Gasteiger partial charge in [-0.1, -0.05) is 19.8 Å². The summed E-state index contributed by atoms with van der Waals surface area (Å²) in [7, 11) is 3.99.